The van der Waals surface area contributed by atoms with Crippen LogP contribution in [0.1, 0.15) is 23.3 Å². The van der Waals surface area contributed by atoms with Gasteiger partial charge in [0.05, 0.1) is 6.20 Å². The number of pyridine rings is 1. The van der Waals surface area contributed by atoms with Crippen LogP contribution >= 0.6 is 15.9 Å². The molecule has 0 radical (unpaired) electrons. The van der Waals surface area contributed by atoms with Crippen molar-refractivity contribution in [3.63, 3.8) is 0 Å². The van der Waals surface area contributed by atoms with E-state index in [1.807, 2.05) is 0 Å². The molecule has 0 aromatic carbocycles. The third-order valence-corrected chi connectivity index (χ3v) is 3.34. The van der Waals surface area contributed by atoms with E-state index in [1.165, 1.54) is 12.1 Å². The van der Waals surface area contributed by atoms with Crippen LogP contribution in [0.2, 0.25) is 0 Å². The standard InChI is InChI=1S/C11H12BrFN2O/c12-8-2-1-5-15(7-8)11(16)10-4-3-9(13)6-14-10/h3-4,6,8H,1-2,5,7H2. The lowest BCUT2D eigenvalue weighted by Crippen LogP contribution is -2.40. The molecule has 1 aromatic rings. The molecule has 3 nitrogen and oxygen atoms in total. The Bertz CT molecular complexity index is 382. The van der Waals surface area contributed by atoms with Gasteiger partial charge in [-0.3, -0.25) is 4.79 Å². The fourth-order valence-electron chi connectivity index (χ4n) is 1.77. The number of amides is 1. The summed E-state index contributed by atoms with van der Waals surface area (Å²) in [4.78, 5) is 17.9. The zero-order valence-corrected chi connectivity index (χ0v) is 10.3. The van der Waals surface area contributed by atoms with Crippen molar-refractivity contribution in [1.29, 1.82) is 0 Å². The molecule has 1 aromatic heterocycles. The maximum absolute atomic E-state index is 12.7. The highest BCUT2D eigenvalue weighted by atomic mass is 79.9. The van der Waals surface area contributed by atoms with Crippen molar-refractivity contribution in [2.24, 2.45) is 0 Å². The van der Waals surface area contributed by atoms with Crippen molar-refractivity contribution >= 4 is 21.8 Å². The van der Waals surface area contributed by atoms with Crippen molar-refractivity contribution in [1.82, 2.24) is 9.88 Å². The van der Waals surface area contributed by atoms with Gasteiger partial charge in [-0.05, 0) is 25.0 Å². The van der Waals surface area contributed by atoms with E-state index in [0.29, 0.717) is 17.1 Å². The van der Waals surface area contributed by atoms with E-state index in [-0.39, 0.29) is 5.91 Å². The van der Waals surface area contributed by atoms with Gasteiger partial charge in [0.1, 0.15) is 11.5 Å². The first-order valence-electron chi connectivity index (χ1n) is 5.22. The number of rotatable bonds is 1. The minimum atomic E-state index is -0.423. The van der Waals surface area contributed by atoms with Crippen molar-refractivity contribution in [2.75, 3.05) is 13.1 Å². The van der Waals surface area contributed by atoms with Crippen LogP contribution in [0.5, 0.6) is 0 Å². The summed E-state index contributed by atoms with van der Waals surface area (Å²) in [5.74, 6) is -0.544. The number of carbonyl (C=O) groups is 1. The highest BCUT2D eigenvalue weighted by molar-refractivity contribution is 9.09. The quantitative estimate of drug-likeness (QED) is 0.742. The van der Waals surface area contributed by atoms with Crippen LogP contribution in [-0.4, -0.2) is 33.7 Å². The number of aromatic nitrogens is 1. The molecule has 0 N–H and O–H groups in total. The molecule has 1 aliphatic heterocycles. The first kappa shape index (κ1) is 11.5. The normalized spacial score (nSPS) is 20.9. The molecule has 0 spiro atoms. The van der Waals surface area contributed by atoms with E-state index < -0.39 is 5.82 Å². The summed E-state index contributed by atoms with van der Waals surface area (Å²) in [6.45, 7) is 1.44. The van der Waals surface area contributed by atoms with Crippen molar-refractivity contribution in [3.8, 4) is 0 Å². The van der Waals surface area contributed by atoms with Gasteiger partial charge in [-0.25, -0.2) is 9.37 Å². The Kier molecular flexibility index (Phi) is 3.53. The number of halogens is 2. The van der Waals surface area contributed by atoms with Crippen LogP contribution < -0.4 is 0 Å². The van der Waals surface area contributed by atoms with Crippen molar-refractivity contribution < 1.29 is 9.18 Å². The average molecular weight is 287 g/mol. The molecule has 1 saturated heterocycles. The van der Waals surface area contributed by atoms with Gasteiger partial charge >= 0.3 is 0 Å². The van der Waals surface area contributed by atoms with Gasteiger partial charge in [0.2, 0.25) is 0 Å². The molecule has 1 fully saturated rings. The molecule has 1 amide bonds. The highest BCUT2D eigenvalue weighted by Gasteiger charge is 2.23. The Morgan fingerprint density at radius 2 is 2.38 bits per heavy atom. The number of piperidine rings is 1. The fraction of sp³-hybridized carbons (Fsp3) is 0.455. The molecule has 0 saturated carbocycles. The Balaban J connectivity index is 2.09. The lowest BCUT2D eigenvalue weighted by Gasteiger charge is -2.29. The van der Waals surface area contributed by atoms with E-state index in [1.54, 1.807) is 4.90 Å². The van der Waals surface area contributed by atoms with E-state index >= 15 is 0 Å². The maximum Gasteiger partial charge on any atom is 0.272 e. The maximum atomic E-state index is 12.7. The zero-order chi connectivity index (χ0) is 11.5. The predicted molar refractivity (Wildman–Crippen MR) is 62.0 cm³/mol. The number of carbonyl (C=O) groups excluding carboxylic acids is 1. The van der Waals surface area contributed by atoms with E-state index in [2.05, 4.69) is 20.9 Å². The average Bonchev–Trinajstić information content (AvgIpc) is 2.29. The summed E-state index contributed by atoms with van der Waals surface area (Å²) >= 11 is 3.51. The van der Waals surface area contributed by atoms with Crippen LogP contribution in [-0.2, 0) is 0 Å². The molecule has 5 heteroatoms. The van der Waals surface area contributed by atoms with Gasteiger partial charge in [0, 0.05) is 17.9 Å². The summed E-state index contributed by atoms with van der Waals surface area (Å²) in [7, 11) is 0. The molecule has 86 valence electrons. The van der Waals surface area contributed by atoms with E-state index in [4.69, 9.17) is 0 Å². The van der Waals surface area contributed by atoms with Gasteiger partial charge in [-0.15, -0.1) is 0 Å². The van der Waals surface area contributed by atoms with Gasteiger partial charge in [-0.2, -0.15) is 0 Å². The van der Waals surface area contributed by atoms with Crippen LogP contribution in [0, 0.1) is 5.82 Å². The Labute approximate surface area is 102 Å². The third kappa shape index (κ3) is 2.58. The number of alkyl halides is 1. The minimum Gasteiger partial charge on any atom is -0.336 e. The van der Waals surface area contributed by atoms with Crippen LogP contribution in [0.3, 0.4) is 0 Å². The molecule has 2 heterocycles. The molecule has 0 aliphatic carbocycles. The SMILES string of the molecule is O=C(c1ccc(F)cn1)N1CCCC(Br)C1. The topological polar surface area (TPSA) is 33.2 Å². The first-order valence-corrected chi connectivity index (χ1v) is 6.13. The van der Waals surface area contributed by atoms with E-state index in [0.717, 1.165) is 25.6 Å². The molecule has 0 bridgehead atoms. The summed E-state index contributed by atoms with van der Waals surface area (Å²) < 4.78 is 12.7. The lowest BCUT2D eigenvalue weighted by atomic mass is 10.1. The minimum absolute atomic E-state index is 0.121. The van der Waals surface area contributed by atoms with Gasteiger partial charge in [0.15, 0.2) is 0 Å². The predicted octanol–water partition coefficient (Wildman–Crippen LogP) is 2.22. The molecule has 16 heavy (non-hydrogen) atoms. The summed E-state index contributed by atoms with van der Waals surface area (Å²) in [5.41, 5.74) is 0.308. The smallest absolute Gasteiger partial charge is 0.272 e. The monoisotopic (exact) mass is 286 g/mol. The fourth-order valence-corrected chi connectivity index (χ4v) is 2.45. The molecular formula is C11H12BrFN2O. The van der Waals surface area contributed by atoms with Crippen LogP contribution in [0.15, 0.2) is 18.3 Å². The van der Waals surface area contributed by atoms with Crippen LogP contribution in [0.4, 0.5) is 4.39 Å². The Morgan fingerprint density at radius 3 is 3.00 bits per heavy atom. The zero-order valence-electron chi connectivity index (χ0n) is 8.70. The van der Waals surface area contributed by atoms with Gasteiger partial charge in [0.25, 0.3) is 5.91 Å². The Morgan fingerprint density at radius 1 is 1.56 bits per heavy atom. The largest absolute Gasteiger partial charge is 0.336 e. The number of hydrogen-bond donors (Lipinski definition) is 0. The Hall–Kier alpha value is -0.970. The highest BCUT2D eigenvalue weighted by Crippen LogP contribution is 2.18. The molecular weight excluding hydrogens is 275 g/mol. The van der Waals surface area contributed by atoms with Crippen molar-refractivity contribution in [2.45, 2.75) is 17.7 Å². The summed E-state index contributed by atoms with van der Waals surface area (Å²) in [5, 5.41) is 0. The molecule has 1 aliphatic rings. The third-order valence-electron chi connectivity index (χ3n) is 2.60. The number of nitrogens with zero attached hydrogens (tertiary/aromatic N) is 2. The number of likely N-dealkylation sites (tertiary alicyclic amines) is 1. The lowest BCUT2D eigenvalue weighted by molar-refractivity contribution is 0.0724. The second-order valence-corrected chi connectivity index (χ2v) is 5.15. The summed E-state index contributed by atoms with van der Waals surface area (Å²) in [6.07, 6.45) is 3.15. The van der Waals surface area contributed by atoms with E-state index in [9.17, 15) is 9.18 Å². The first-order chi connectivity index (χ1) is 7.66. The second-order valence-electron chi connectivity index (χ2n) is 3.85. The number of hydrogen-bond acceptors (Lipinski definition) is 2. The van der Waals surface area contributed by atoms with Crippen molar-refractivity contribution in [3.05, 3.63) is 29.8 Å². The van der Waals surface area contributed by atoms with Gasteiger partial charge < -0.3 is 4.90 Å². The molecule has 1 atom stereocenters. The van der Waals surface area contributed by atoms with Gasteiger partial charge in [-0.1, -0.05) is 15.9 Å². The van der Waals surface area contributed by atoms with Crippen LogP contribution in [0.25, 0.3) is 0 Å². The molecule has 2 rings (SSSR count). The molecule has 1 unspecified atom stereocenters. The second kappa shape index (κ2) is 4.91. The summed E-state index contributed by atoms with van der Waals surface area (Å²) in [6, 6.07) is 2.69.